The lowest BCUT2D eigenvalue weighted by Crippen LogP contribution is -2.67. The molecule has 350 valence electrons. The van der Waals surface area contributed by atoms with Gasteiger partial charge in [-0.25, -0.2) is 0 Å². The predicted molar refractivity (Wildman–Crippen MR) is 210 cm³/mol. The van der Waals surface area contributed by atoms with Gasteiger partial charge in [-0.2, -0.15) is 0 Å². The van der Waals surface area contributed by atoms with Gasteiger partial charge in [-0.15, -0.1) is 0 Å². The van der Waals surface area contributed by atoms with Crippen LogP contribution in [0.2, 0.25) is 0 Å². The van der Waals surface area contributed by atoms with Gasteiger partial charge in [0.05, 0.1) is 38.6 Å². The summed E-state index contributed by atoms with van der Waals surface area (Å²) in [6.45, 7) is 8.68. The van der Waals surface area contributed by atoms with Crippen molar-refractivity contribution in [3.05, 3.63) is 0 Å². The second-order valence-electron chi connectivity index (χ2n) is 21.1. The summed E-state index contributed by atoms with van der Waals surface area (Å²) >= 11 is 0. The minimum Gasteiger partial charge on any atom is -0.394 e. The van der Waals surface area contributed by atoms with Gasteiger partial charge in [-0.3, -0.25) is 0 Å². The Morgan fingerprint density at radius 1 is 0.607 bits per heavy atom. The van der Waals surface area contributed by atoms with Crippen molar-refractivity contribution < 1.29 is 83.9 Å². The molecule has 0 aromatic rings. The van der Waals surface area contributed by atoms with Gasteiger partial charge in [-0.1, -0.05) is 27.7 Å². The van der Waals surface area contributed by atoms with E-state index in [4.69, 9.17) is 37.9 Å². The third-order valence-corrected chi connectivity index (χ3v) is 17.9. The standard InChI is InChI=1S/C44H72O17/c1-19-7-12-44(55-17-19)20(2)30-27(61-44)14-25-23-6-5-21-13-22(8-10-42(21,3)24(23)9-11-43(25,30)4)56-41-38(60-40-36(53)34(51)32(49)28(15-45)57-40)37(33(50)29(16-46)58-41)59-39-35(52)31(48)26(47)18-54-39/h19-41,45-53H,5-18H2,1-4H3/t19?,20-,21+,22-,23+,24?,25?,26+,27-,28+,29+,30-,31-,32+,33+,34-,35+,36+,37-,38+,39-,40-,41+,42-,43-,44+/m0/s1. The smallest absolute Gasteiger partial charge is 0.187 e. The molecule has 3 unspecified atom stereocenters. The molecule has 0 aromatic carbocycles. The van der Waals surface area contributed by atoms with E-state index in [2.05, 4.69) is 27.7 Å². The summed E-state index contributed by atoms with van der Waals surface area (Å²) in [6.07, 6.45) is -11.8. The van der Waals surface area contributed by atoms with E-state index in [1.54, 1.807) is 0 Å². The number of aliphatic hydroxyl groups excluding tert-OH is 9. The van der Waals surface area contributed by atoms with Gasteiger partial charge < -0.3 is 83.9 Å². The lowest BCUT2D eigenvalue weighted by molar-refractivity contribution is -0.392. The molecule has 4 aliphatic carbocycles. The van der Waals surface area contributed by atoms with E-state index in [0.717, 1.165) is 51.6 Å². The number of fused-ring (bicyclic) bond motifs is 7. The molecule has 9 N–H and O–H groups in total. The van der Waals surface area contributed by atoms with Crippen LogP contribution >= 0.6 is 0 Å². The van der Waals surface area contributed by atoms with Gasteiger partial charge in [0.15, 0.2) is 24.7 Å². The lowest BCUT2D eigenvalue weighted by atomic mass is 9.44. The van der Waals surface area contributed by atoms with Crippen molar-refractivity contribution in [2.24, 2.45) is 52.3 Å². The Morgan fingerprint density at radius 3 is 2.02 bits per heavy atom. The van der Waals surface area contributed by atoms with Crippen LogP contribution in [0.5, 0.6) is 0 Å². The summed E-state index contributed by atoms with van der Waals surface area (Å²) in [6, 6.07) is 0. The Bertz CT molecular complexity index is 1520. The molecule has 17 nitrogen and oxygen atoms in total. The van der Waals surface area contributed by atoms with Crippen molar-refractivity contribution in [2.45, 2.75) is 196 Å². The maximum Gasteiger partial charge on any atom is 0.187 e. The van der Waals surface area contributed by atoms with Gasteiger partial charge in [0.1, 0.15) is 67.1 Å². The highest BCUT2D eigenvalue weighted by Gasteiger charge is 2.69. The first-order chi connectivity index (χ1) is 29.0. The molecule has 17 heteroatoms. The van der Waals surface area contributed by atoms with Gasteiger partial charge in [0, 0.05) is 12.3 Å². The lowest BCUT2D eigenvalue weighted by Gasteiger charge is -2.61. The van der Waals surface area contributed by atoms with E-state index in [0.29, 0.717) is 47.8 Å². The molecule has 5 aliphatic heterocycles. The number of aliphatic hydroxyl groups is 9. The van der Waals surface area contributed by atoms with Crippen LogP contribution in [-0.4, -0.2) is 176 Å². The zero-order valence-corrected chi connectivity index (χ0v) is 36.0. The highest BCUT2D eigenvalue weighted by Crippen LogP contribution is 2.71. The highest BCUT2D eigenvalue weighted by atomic mass is 16.8. The van der Waals surface area contributed by atoms with Gasteiger partial charge >= 0.3 is 0 Å². The average Bonchev–Trinajstić information content (AvgIpc) is 3.69. The van der Waals surface area contributed by atoms with Crippen LogP contribution in [0.1, 0.15) is 91.9 Å². The third kappa shape index (κ3) is 7.58. The van der Waals surface area contributed by atoms with Crippen molar-refractivity contribution in [2.75, 3.05) is 26.4 Å². The SMILES string of the molecule is CC1CC[C@@]2(OC1)O[C@H]1CC3[C@@H]4CC[C@@H]5C[C@@H](O[C@@H]6O[C@H](CO)[C@@H](O)[C@H](O[C@@H]7OC[C@@H](O)[C@H](O)[C@H]7O)[C@H]6O[C@@H]6O[C@H](CO)[C@@H](O)[C@H](O)[C@H]6O)CC[C@]5(C)C4CC[C@]3(C)[C@H]1[C@@H]2C. The van der Waals surface area contributed by atoms with Crippen molar-refractivity contribution in [3.8, 4) is 0 Å². The topological polar surface area (TPSA) is 256 Å². The Balaban J connectivity index is 0.917. The van der Waals surface area contributed by atoms with Crippen LogP contribution in [-0.2, 0) is 37.9 Å². The molecule has 61 heavy (non-hydrogen) atoms. The summed E-state index contributed by atoms with van der Waals surface area (Å²) in [4.78, 5) is 0. The largest absolute Gasteiger partial charge is 0.394 e. The Morgan fingerprint density at radius 2 is 1.30 bits per heavy atom. The quantitative estimate of drug-likeness (QED) is 0.145. The number of rotatable bonds is 8. The maximum absolute atomic E-state index is 11.5. The van der Waals surface area contributed by atoms with Gasteiger partial charge in [-0.05, 0) is 104 Å². The molecule has 0 amide bonds. The summed E-state index contributed by atoms with van der Waals surface area (Å²) in [5.74, 6) is 3.12. The molecule has 9 fully saturated rings. The minimum absolute atomic E-state index is 0.0904. The van der Waals surface area contributed by atoms with Crippen LogP contribution in [0.4, 0.5) is 0 Å². The van der Waals surface area contributed by atoms with Crippen LogP contribution in [0.3, 0.4) is 0 Å². The fraction of sp³-hybridized carbons (Fsp3) is 1.00. The normalized spacial score (nSPS) is 58.5. The molecular weight excluding hydrogens is 800 g/mol. The highest BCUT2D eigenvalue weighted by molar-refractivity contribution is 5.15. The Kier molecular flexibility index (Phi) is 12.8. The third-order valence-electron chi connectivity index (χ3n) is 17.9. The molecule has 9 aliphatic rings. The summed E-state index contributed by atoms with van der Waals surface area (Å²) < 4.78 is 50.0. The molecular formula is C44H72O17. The number of hydrogen-bond acceptors (Lipinski definition) is 17. The second kappa shape index (κ2) is 17.2. The van der Waals surface area contributed by atoms with Gasteiger partial charge in [0.2, 0.25) is 0 Å². The van der Waals surface area contributed by atoms with Crippen LogP contribution in [0, 0.1) is 52.3 Å². The van der Waals surface area contributed by atoms with E-state index < -0.39 is 112 Å². The van der Waals surface area contributed by atoms with Crippen molar-refractivity contribution in [1.29, 1.82) is 0 Å². The first-order valence-electron chi connectivity index (χ1n) is 23.2. The van der Waals surface area contributed by atoms with Crippen molar-refractivity contribution in [1.82, 2.24) is 0 Å². The average molecular weight is 873 g/mol. The van der Waals surface area contributed by atoms with Crippen molar-refractivity contribution >= 4 is 0 Å². The second-order valence-corrected chi connectivity index (χ2v) is 21.1. The maximum atomic E-state index is 11.5. The van der Waals surface area contributed by atoms with E-state index in [-0.39, 0.29) is 23.0 Å². The fourth-order valence-corrected chi connectivity index (χ4v) is 14.4. The van der Waals surface area contributed by atoms with E-state index in [9.17, 15) is 46.0 Å². The molecule has 1 spiro atoms. The number of ether oxygens (including phenoxy) is 8. The van der Waals surface area contributed by atoms with Crippen LogP contribution < -0.4 is 0 Å². The zero-order chi connectivity index (χ0) is 43.3. The molecule has 5 saturated heterocycles. The summed E-state index contributed by atoms with van der Waals surface area (Å²) in [7, 11) is 0. The van der Waals surface area contributed by atoms with E-state index in [1.165, 1.54) is 12.8 Å². The monoisotopic (exact) mass is 872 g/mol. The fourth-order valence-electron chi connectivity index (χ4n) is 14.4. The molecule has 0 aromatic heterocycles. The van der Waals surface area contributed by atoms with E-state index in [1.807, 2.05) is 0 Å². The minimum atomic E-state index is -1.82. The van der Waals surface area contributed by atoms with Crippen LogP contribution in [0.25, 0.3) is 0 Å². The molecule has 26 atom stereocenters. The first-order valence-corrected chi connectivity index (χ1v) is 23.2. The number of hydrogen-bond donors (Lipinski definition) is 9. The Hall–Kier alpha value is -0.680. The summed E-state index contributed by atoms with van der Waals surface area (Å²) in [5, 5.41) is 95.1. The molecule has 4 saturated carbocycles. The molecule has 5 heterocycles. The zero-order valence-electron chi connectivity index (χ0n) is 36.0. The molecule has 9 rings (SSSR count). The predicted octanol–water partition coefficient (Wildman–Crippen LogP) is -0.0945. The summed E-state index contributed by atoms with van der Waals surface area (Å²) in [5.41, 5.74) is 0.301. The Labute approximate surface area is 357 Å². The van der Waals surface area contributed by atoms with E-state index >= 15 is 0 Å². The molecule has 0 radical (unpaired) electrons. The van der Waals surface area contributed by atoms with Crippen molar-refractivity contribution in [3.63, 3.8) is 0 Å². The first kappa shape index (κ1) is 45.5. The van der Waals surface area contributed by atoms with Crippen LogP contribution in [0.15, 0.2) is 0 Å². The van der Waals surface area contributed by atoms with Gasteiger partial charge in [0.25, 0.3) is 0 Å². The molecule has 0 bridgehead atoms.